The molecular formula is C14H20N2O3. The van der Waals surface area contributed by atoms with Crippen LogP contribution in [0.3, 0.4) is 0 Å². The van der Waals surface area contributed by atoms with E-state index in [0.29, 0.717) is 11.6 Å². The Bertz CT molecular complexity index is 454. The first-order valence-corrected chi connectivity index (χ1v) is 6.48. The maximum Gasteiger partial charge on any atom is 0.337 e. The molecule has 104 valence electrons. The molecule has 0 amide bonds. The van der Waals surface area contributed by atoms with Gasteiger partial charge in [0.2, 0.25) is 0 Å². The van der Waals surface area contributed by atoms with E-state index in [1.165, 1.54) is 6.07 Å². The third-order valence-electron chi connectivity index (χ3n) is 3.61. The third kappa shape index (κ3) is 3.17. The number of hydrogen-bond donors (Lipinski definition) is 2. The summed E-state index contributed by atoms with van der Waals surface area (Å²) in [5.41, 5.74) is 7.18. The molecule has 0 aromatic heterocycles. The first-order valence-electron chi connectivity index (χ1n) is 6.48. The number of anilines is 2. The van der Waals surface area contributed by atoms with Gasteiger partial charge in [-0.3, -0.25) is 0 Å². The van der Waals surface area contributed by atoms with E-state index in [1.54, 1.807) is 19.2 Å². The van der Waals surface area contributed by atoms with Crippen LogP contribution in [0.2, 0.25) is 0 Å². The summed E-state index contributed by atoms with van der Waals surface area (Å²) in [7, 11) is 1.72. The number of carboxylic acids is 1. The predicted molar refractivity (Wildman–Crippen MR) is 74.6 cm³/mol. The quantitative estimate of drug-likeness (QED) is 0.811. The van der Waals surface area contributed by atoms with Gasteiger partial charge >= 0.3 is 5.97 Å². The van der Waals surface area contributed by atoms with Crippen molar-refractivity contribution in [1.82, 2.24) is 0 Å². The van der Waals surface area contributed by atoms with Gasteiger partial charge in [0, 0.05) is 32.5 Å². The summed E-state index contributed by atoms with van der Waals surface area (Å²) in [5.74, 6) is -0.357. The van der Waals surface area contributed by atoms with Gasteiger partial charge < -0.3 is 20.5 Å². The number of carbonyl (C=O) groups is 1. The van der Waals surface area contributed by atoms with Gasteiger partial charge in [0.1, 0.15) is 0 Å². The zero-order valence-electron chi connectivity index (χ0n) is 11.1. The highest BCUT2D eigenvalue weighted by Crippen LogP contribution is 2.28. The lowest BCUT2D eigenvalue weighted by Crippen LogP contribution is -2.35. The minimum absolute atomic E-state index is 0.283. The van der Waals surface area contributed by atoms with E-state index in [2.05, 4.69) is 4.90 Å². The second kappa shape index (κ2) is 5.93. The van der Waals surface area contributed by atoms with Crippen molar-refractivity contribution < 1.29 is 14.6 Å². The van der Waals surface area contributed by atoms with Crippen molar-refractivity contribution in [3.05, 3.63) is 23.8 Å². The van der Waals surface area contributed by atoms with Crippen LogP contribution in [-0.2, 0) is 4.74 Å². The van der Waals surface area contributed by atoms with Crippen LogP contribution >= 0.6 is 0 Å². The molecule has 2 rings (SSSR count). The average Bonchev–Trinajstić information content (AvgIpc) is 2.40. The fourth-order valence-corrected chi connectivity index (χ4v) is 2.58. The lowest BCUT2D eigenvalue weighted by Gasteiger charge is -2.34. The number of aromatic carboxylic acids is 1. The lowest BCUT2D eigenvalue weighted by atomic mass is 9.96. The summed E-state index contributed by atoms with van der Waals surface area (Å²) < 4.78 is 5.17. The number of piperidine rings is 1. The third-order valence-corrected chi connectivity index (χ3v) is 3.61. The van der Waals surface area contributed by atoms with Crippen molar-refractivity contribution >= 4 is 17.3 Å². The van der Waals surface area contributed by atoms with Gasteiger partial charge in [-0.2, -0.15) is 0 Å². The SMILES string of the molecule is COCC1CCN(c2ccc(N)cc2C(=O)O)CC1. The first kappa shape index (κ1) is 13.7. The molecule has 1 aromatic carbocycles. The smallest absolute Gasteiger partial charge is 0.337 e. The van der Waals surface area contributed by atoms with Crippen LogP contribution in [0.4, 0.5) is 11.4 Å². The van der Waals surface area contributed by atoms with Crippen molar-refractivity contribution in [1.29, 1.82) is 0 Å². The van der Waals surface area contributed by atoms with E-state index in [4.69, 9.17) is 10.5 Å². The molecule has 0 aliphatic carbocycles. The maximum atomic E-state index is 11.3. The molecule has 1 aliphatic rings. The van der Waals surface area contributed by atoms with Crippen LogP contribution in [0.15, 0.2) is 18.2 Å². The van der Waals surface area contributed by atoms with Gasteiger partial charge in [-0.1, -0.05) is 0 Å². The van der Waals surface area contributed by atoms with Crippen LogP contribution in [0.1, 0.15) is 23.2 Å². The minimum atomic E-state index is -0.929. The Balaban J connectivity index is 2.13. The maximum absolute atomic E-state index is 11.3. The normalized spacial score (nSPS) is 16.6. The number of ether oxygens (including phenoxy) is 1. The molecule has 0 bridgehead atoms. The highest BCUT2D eigenvalue weighted by atomic mass is 16.5. The summed E-state index contributed by atoms with van der Waals surface area (Å²) in [6, 6.07) is 5.08. The second-order valence-corrected chi connectivity index (χ2v) is 4.97. The summed E-state index contributed by atoms with van der Waals surface area (Å²) in [6.45, 7) is 2.50. The fourth-order valence-electron chi connectivity index (χ4n) is 2.58. The van der Waals surface area contributed by atoms with Crippen LogP contribution in [0.25, 0.3) is 0 Å². The topological polar surface area (TPSA) is 75.8 Å². The molecule has 0 radical (unpaired) electrons. The Morgan fingerprint density at radius 2 is 2.16 bits per heavy atom. The van der Waals surface area contributed by atoms with Gasteiger partial charge in [-0.25, -0.2) is 4.79 Å². The molecule has 1 saturated heterocycles. The zero-order valence-corrected chi connectivity index (χ0v) is 11.1. The van der Waals surface area contributed by atoms with E-state index in [1.807, 2.05) is 0 Å². The molecule has 0 unspecified atom stereocenters. The predicted octanol–water partition coefficient (Wildman–Crippen LogP) is 1.83. The van der Waals surface area contributed by atoms with Crippen LogP contribution in [-0.4, -0.2) is 37.9 Å². The number of nitrogen functional groups attached to an aromatic ring is 1. The largest absolute Gasteiger partial charge is 0.478 e. The minimum Gasteiger partial charge on any atom is -0.478 e. The van der Waals surface area contributed by atoms with Gasteiger partial charge in [0.25, 0.3) is 0 Å². The molecule has 1 aliphatic heterocycles. The number of carboxylic acid groups (broad SMARTS) is 1. The molecule has 1 fully saturated rings. The molecule has 1 heterocycles. The van der Waals surface area contributed by atoms with Crippen molar-refractivity contribution in [2.45, 2.75) is 12.8 Å². The zero-order chi connectivity index (χ0) is 13.8. The number of methoxy groups -OCH3 is 1. The van der Waals surface area contributed by atoms with E-state index >= 15 is 0 Å². The Morgan fingerprint density at radius 1 is 1.47 bits per heavy atom. The van der Waals surface area contributed by atoms with E-state index in [-0.39, 0.29) is 5.56 Å². The van der Waals surface area contributed by atoms with Gasteiger partial charge in [0.05, 0.1) is 11.3 Å². The fraction of sp³-hybridized carbons (Fsp3) is 0.500. The Kier molecular flexibility index (Phi) is 4.27. The molecule has 5 heteroatoms. The highest BCUT2D eigenvalue weighted by molar-refractivity contribution is 5.95. The second-order valence-electron chi connectivity index (χ2n) is 4.97. The number of nitrogens with two attached hydrogens (primary N) is 1. The molecule has 0 atom stereocenters. The molecule has 19 heavy (non-hydrogen) atoms. The van der Waals surface area contributed by atoms with Crippen LogP contribution in [0, 0.1) is 5.92 Å². The van der Waals surface area contributed by atoms with Gasteiger partial charge in [0.15, 0.2) is 0 Å². The van der Waals surface area contributed by atoms with Crippen molar-refractivity contribution in [3.63, 3.8) is 0 Å². The monoisotopic (exact) mass is 264 g/mol. The van der Waals surface area contributed by atoms with E-state index in [9.17, 15) is 9.90 Å². The van der Waals surface area contributed by atoms with E-state index in [0.717, 1.165) is 38.2 Å². The summed E-state index contributed by atoms with van der Waals surface area (Å²) in [4.78, 5) is 13.4. The number of rotatable bonds is 4. The average molecular weight is 264 g/mol. The van der Waals surface area contributed by atoms with Gasteiger partial charge in [-0.15, -0.1) is 0 Å². The van der Waals surface area contributed by atoms with Crippen molar-refractivity contribution in [3.8, 4) is 0 Å². The first-order chi connectivity index (χ1) is 9.11. The standard InChI is InChI=1S/C14H20N2O3/c1-19-9-10-4-6-16(7-5-10)13-3-2-11(15)8-12(13)14(17)18/h2-3,8,10H,4-7,9,15H2,1H3,(H,17,18). The Morgan fingerprint density at radius 3 is 2.74 bits per heavy atom. The van der Waals surface area contributed by atoms with Crippen LogP contribution < -0.4 is 10.6 Å². The number of benzene rings is 1. The van der Waals surface area contributed by atoms with Crippen LogP contribution in [0.5, 0.6) is 0 Å². The molecule has 3 N–H and O–H groups in total. The van der Waals surface area contributed by atoms with Crippen molar-refractivity contribution in [2.24, 2.45) is 5.92 Å². The summed E-state index contributed by atoms with van der Waals surface area (Å²) >= 11 is 0. The number of hydrogen-bond acceptors (Lipinski definition) is 4. The Hall–Kier alpha value is -1.75. The molecule has 0 spiro atoms. The van der Waals surface area contributed by atoms with Crippen molar-refractivity contribution in [2.75, 3.05) is 37.4 Å². The molecular weight excluding hydrogens is 244 g/mol. The Labute approximate surface area is 113 Å². The summed E-state index contributed by atoms with van der Waals surface area (Å²) in [6.07, 6.45) is 2.05. The van der Waals surface area contributed by atoms with E-state index < -0.39 is 5.97 Å². The lowest BCUT2D eigenvalue weighted by molar-refractivity contribution is 0.0697. The molecule has 0 saturated carbocycles. The molecule has 1 aromatic rings. The highest BCUT2D eigenvalue weighted by Gasteiger charge is 2.22. The van der Waals surface area contributed by atoms with Gasteiger partial charge in [-0.05, 0) is 37.0 Å². The number of nitrogens with zero attached hydrogens (tertiary/aromatic N) is 1. The molecule has 5 nitrogen and oxygen atoms in total. The summed E-state index contributed by atoms with van der Waals surface area (Å²) in [5, 5.41) is 9.25.